The van der Waals surface area contributed by atoms with Crippen LogP contribution in [-0.4, -0.2) is 39.8 Å². The SMILES string of the molecule is CCS(=O)(=O)c1ccc(-c2nn3cccnc3c2C(=O)O)c(F)c1. The minimum Gasteiger partial charge on any atom is -0.477 e. The topological polar surface area (TPSA) is 102 Å². The molecule has 7 nitrogen and oxygen atoms in total. The number of carboxylic acids is 1. The standard InChI is InChI=1S/C15H12FN3O4S/c1-2-24(22,23)9-4-5-10(11(16)8-9)13-12(15(20)21)14-17-6-3-7-19(14)18-13/h3-8H,2H2,1H3,(H,20,21). The second-order valence-corrected chi connectivity index (χ2v) is 7.24. The van der Waals surface area contributed by atoms with Crippen molar-refractivity contribution in [2.45, 2.75) is 11.8 Å². The molecule has 3 aromatic rings. The second kappa shape index (κ2) is 5.68. The number of nitrogens with zero attached hydrogens (tertiary/aromatic N) is 3. The largest absolute Gasteiger partial charge is 0.477 e. The van der Waals surface area contributed by atoms with E-state index in [0.29, 0.717) is 0 Å². The quantitative estimate of drug-likeness (QED) is 0.773. The van der Waals surface area contributed by atoms with Crippen LogP contribution in [0.1, 0.15) is 17.3 Å². The molecule has 0 saturated carbocycles. The molecule has 124 valence electrons. The Labute approximate surface area is 136 Å². The summed E-state index contributed by atoms with van der Waals surface area (Å²) in [5, 5.41) is 13.5. The van der Waals surface area contributed by atoms with Gasteiger partial charge in [-0.15, -0.1) is 0 Å². The van der Waals surface area contributed by atoms with Crippen molar-refractivity contribution in [3.8, 4) is 11.3 Å². The maximum absolute atomic E-state index is 14.4. The molecule has 2 aromatic heterocycles. The number of carbonyl (C=O) groups is 1. The highest BCUT2D eigenvalue weighted by Crippen LogP contribution is 2.29. The number of aromatic carboxylic acids is 1. The summed E-state index contributed by atoms with van der Waals surface area (Å²) < 4.78 is 39.3. The van der Waals surface area contributed by atoms with Gasteiger partial charge in [-0.2, -0.15) is 5.10 Å². The third kappa shape index (κ3) is 2.52. The highest BCUT2D eigenvalue weighted by molar-refractivity contribution is 7.91. The molecule has 0 amide bonds. The number of sulfone groups is 1. The van der Waals surface area contributed by atoms with Crippen molar-refractivity contribution >= 4 is 21.5 Å². The minimum atomic E-state index is -3.57. The van der Waals surface area contributed by atoms with E-state index < -0.39 is 21.6 Å². The number of carboxylic acid groups (broad SMARTS) is 1. The van der Waals surface area contributed by atoms with Gasteiger partial charge in [-0.05, 0) is 24.3 Å². The molecule has 0 spiro atoms. The molecule has 0 aliphatic rings. The molecule has 9 heteroatoms. The van der Waals surface area contributed by atoms with Gasteiger partial charge >= 0.3 is 5.97 Å². The predicted octanol–water partition coefficient (Wildman–Crippen LogP) is 2.03. The molecule has 0 bridgehead atoms. The van der Waals surface area contributed by atoms with Gasteiger partial charge in [0, 0.05) is 18.0 Å². The first-order valence-corrected chi connectivity index (χ1v) is 8.59. The molecule has 0 aliphatic heterocycles. The molecule has 2 heterocycles. The Kier molecular flexibility index (Phi) is 3.80. The van der Waals surface area contributed by atoms with Crippen molar-refractivity contribution in [3.63, 3.8) is 0 Å². The molecule has 0 radical (unpaired) electrons. The summed E-state index contributed by atoms with van der Waals surface area (Å²) in [6.45, 7) is 1.46. The van der Waals surface area contributed by atoms with Crippen LogP contribution in [0.4, 0.5) is 4.39 Å². The smallest absolute Gasteiger partial charge is 0.341 e. The molecule has 0 fully saturated rings. The Morgan fingerprint density at radius 1 is 1.38 bits per heavy atom. The Balaban J connectivity index is 2.25. The number of aromatic nitrogens is 3. The van der Waals surface area contributed by atoms with Crippen LogP contribution < -0.4 is 0 Å². The summed E-state index contributed by atoms with van der Waals surface area (Å²) in [4.78, 5) is 15.3. The van der Waals surface area contributed by atoms with Crippen molar-refractivity contribution < 1.29 is 22.7 Å². The van der Waals surface area contributed by atoms with Crippen molar-refractivity contribution in [1.82, 2.24) is 14.6 Å². The van der Waals surface area contributed by atoms with Crippen LogP contribution in [-0.2, 0) is 9.84 Å². The van der Waals surface area contributed by atoms with Crippen LogP contribution in [0.15, 0.2) is 41.6 Å². The van der Waals surface area contributed by atoms with Crippen molar-refractivity contribution in [2.75, 3.05) is 5.75 Å². The lowest BCUT2D eigenvalue weighted by molar-refractivity contribution is 0.0699. The summed E-state index contributed by atoms with van der Waals surface area (Å²) in [6.07, 6.45) is 2.90. The molecule has 0 unspecified atom stereocenters. The van der Waals surface area contributed by atoms with E-state index in [1.165, 1.54) is 36.0 Å². The summed E-state index contributed by atoms with van der Waals surface area (Å²) in [6, 6.07) is 4.88. The van der Waals surface area contributed by atoms with E-state index in [1.807, 2.05) is 0 Å². The van der Waals surface area contributed by atoms with Crippen molar-refractivity contribution in [1.29, 1.82) is 0 Å². The van der Waals surface area contributed by atoms with E-state index >= 15 is 0 Å². The van der Waals surface area contributed by atoms with Crippen LogP contribution >= 0.6 is 0 Å². The van der Waals surface area contributed by atoms with E-state index in [9.17, 15) is 22.7 Å². The van der Waals surface area contributed by atoms with Crippen LogP contribution in [0.5, 0.6) is 0 Å². The molecule has 0 atom stereocenters. The zero-order chi connectivity index (χ0) is 17.5. The lowest BCUT2D eigenvalue weighted by Gasteiger charge is -2.05. The molecular formula is C15H12FN3O4S. The fraction of sp³-hybridized carbons (Fsp3) is 0.133. The number of halogens is 1. The molecular weight excluding hydrogens is 337 g/mol. The zero-order valence-corrected chi connectivity index (χ0v) is 13.3. The lowest BCUT2D eigenvalue weighted by atomic mass is 10.1. The highest BCUT2D eigenvalue weighted by Gasteiger charge is 2.24. The van der Waals surface area contributed by atoms with Gasteiger partial charge in [0.1, 0.15) is 17.1 Å². The lowest BCUT2D eigenvalue weighted by Crippen LogP contribution is -2.05. The van der Waals surface area contributed by atoms with E-state index in [2.05, 4.69) is 10.1 Å². The van der Waals surface area contributed by atoms with E-state index in [1.54, 1.807) is 6.07 Å². The number of rotatable bonds is 4. The molecule has 1 N–H and O–H groups in total. The molecule has 24 heavy (non-hydrogen) atoms. The molecule has 3 rings (SSSR count). The summed E-state index contributed by atoms with van der Waals surface area (Å²) in [7, 11) is -3.57. The van der Waals surface area contributed by atoms with Crippen LogP contribution in [0.3, 0.4) is 0 Å². The Morgan fingerprint density at radius 2 is 2.12 bits per heavy atom. The normalized spacial score (nSPS) is 11.8. The number of benzene rings is 1. The first kappa shape index (κ1) is 16.1. The summed E-state index contributed by atoms with van der Waals surface area (Å²) in [5.74, 6) is -2.33. The Morgan fingerprint density at radius 3 is 2.75 bits per heavy atom. The second-order valence-electron chi connectivity index (χ2n) is 4.96. The van der Waals surface area contributed by atoms with Gasteiger partial charge in [-0.25, -0.2) is 27.1 Å². The summed E-state index contributed by atoms with van der Waals surface area (Å²) >= 11 is 0. The Hall–Kier alpha value is -2.81. The monoisotopic (exact) mass is 349 g/mol. The van der Waals surface area contributed by atoms with Gasteiger partial charge in [0.05, 0.1) is 10.6 Å². The minimum absolute atomic E-state index is 0.0738. The third-order valence-corrected chi connectivity index (χ3v) is 5.28. The number of hydrogen-bond acceptors (Lipinski definition) is 5. The molecule has 0 saturated heterocycles. The van der Waals surface area contributed by atoms with E-state index in [0.717, 1.165) is 6.07 Å². The fourth-order valence-electron chi connectivity index (χ4n) is 2.32. The number of fused-ring (bicyclic) bond motifs is 1. The van der Waals surface area contributed by atoms with E-state index in [4.69, 9.17) is 0 Å². The predicted molar refractivity (Wildman–Crippen MR) is 83.1 cm³/mol. The highest BCUT2D eigenvalue weighted by atomic mass is 32.2. The van der Waals surface area contributed by atoms with E-state index in [-0.39, 0.29) is 33.1 Å². The summed E-state index contributed by atoms with van der Waals surface area (Å²) in [5.41, 5.74) is -0.391. The molecule has 0 aliphatic carbocycles. The zero-order valence-electron chi connectivity index (χ0n) is 12.5. The third-order valence-electron chi connectivity index (χ3n) is 3.54. The molecule has 1 aromatic carbocycles. The van der Waals surface area contributed by atoms with Crippen LogP contribution in [0.2, 0.25) is 0 Å². The van der Waals surface area contributed by atoms with Crippen LogP contribution in [0, 0.1) is 5.82 Å². The van der Waals surface area contributed by atoms with Crippen molar-refractivity contribution in [2.24, 2.45) is 0 Å². The van der Waals surface area contributed by atoms with Gasteiger partial charge in [0.25, 0.3) is 0 Å². The first-order valence-electron chi connectivity index (χ1n) is 6.94. The van der Waals surface area contributed by atoms with Crippen LogP contribution in [0.25, 0.3) is 16.9 Å². The van der Waals surface area contributed by atoms with Gasteiger partial charge in [-0.3, -0.25) is 0 Å². The van der Waals surface area contributed by atoms with Gasteiger partial charge < -0.3 is 5.11 Å². The number of hydrogen-bond donors (Lipinski definition) is 1. The average Bonchev–Trinajstić information content (AvgIpc) is 2.93. The fourth-order valence-corrected chi connectivity index (χ4v) is 3.21. The van der Waals surface area contributed by atoms with Gasteiger partial charge in [0.2, 0.25) is 0 Å². The van der Waals surface area contributed by atoms with Gasteiger partial charge in [-0.1, -0.05) is 6.92 Å². The first-order chi connectivity index (χ1) is 11.3. The maximum Gasteiger partial charge on any atom is 0.341 e. The average molecular weight is 349 g/mol. The maximum atomic E-state index is 14.4. The van der Waals surface area contributed by atoms with Gasteiger partial charge in [0.15, 0.2) is 15.5 Å². The Bertz CT molecular complexity index is 1060. The van der Waals surface area contributed by atoms with Crippen molar-refractivity contribution in [3.05, 3.63) is 48.0 Å².